The molecule has 0 saturated carbocycles. The fraction of sp³-hybridized carbons (Fsp3) is 0. The Morgan fingerprint density at radius 3 is 2.26 bits per heavy atom. The Labute approximate surface area is 191 Å². The van der Waals surface area contributed by atoms with E-state index in [1.165, 1.54) is 17.4 Å². The fourth-order valence-electron chi connectivity index (χ4n) is 2.72. The number of rotatable bonds is 5. The van der Waals surface area contributed by atoms with Gasteiger partial charge in [-0.25, -0.2) is 0 Å². The van der Waals surface area contributed by atoms with Crippen LogP contribution in [0, 0.1) is 0 Å². The van der Waals surface area contributed by atoms with E-state index in [-0.39, 0.29) is 16.8 Å². The van der Waals surface area contributed by atoms with E-state index in [1.54, 1.807) is 36.4 Å². The fourth-order valence-corrected chi connectivity index (χ4v) is 3.96. The molecule has 3 aromatic carbocycles. The average molecular weight is 469 g/mol. The van der Waals surface area contributed by atoms with E-state index in [1.807, 2.05) is 30.3 Å². The number of aromatic nitrogens is 2. The van der Waals surface area contributed by atoms with Crippen LogP contribution in [0.1, 0.15) is 20.7 Å². The predicted molar refractivity (Wildman–Crippen MR) is 124 cm³/mol. The monoisotopic (exact) mass is 468 g/mol. The summed E-state index contributed by atoms with van der Waals surface area (Å²) in [5.74, 6) is -0.699. The molecule has 0 unspecified atom stereocenters. The summed E-state index contributed by atoms with van der Waals surface area (Å²) >= 11 is 13.2. The Morgan fingerprint density at radius 1 is 0.806 bits per heavy atom. The Hall–Kier alpha value is -3.26. The van der Waals surface area contributed by atoms with Gasteiger partial charge in [0.2, 0.25) is 5.13 Å². The lowest BCUT2D eigenvalue weighted by atomic mass is 10.1. The van der Waals surface area contributed by atoms with Crippen LogP contribution in [0.5, 0.6) is 0 Å². The number of carbonyl (C=O) groups is 2. The molecule has 9 heteroatoms. The molecule has 1 aromatic heterocycles. The third-order valence-electron chi connectivity index (χ3n) is 4.25. The van der Waals surface area contributed by atoms with E-state index in [9.17, 15) is 9.59 Å². The summed E-state index contributed by atoms with van der Waals surface area (Å²) in [6.45, 7) is 0. The molecule has 0 spiro atoms. The highest BCUT2D eigenvalue weighted by atomic mass is 35.5. The molecule has 6 nitrogen and oxygen atoms in total. The van der Waals surface area contributed by atoms with Crippen LogP contribution in [0.2, 0.25) is 10.0 Å². The highest BCUT2D eigenvalue weighted by Crippen LogP contribution is 2.26. The van der Waals surface area contributed by atoms with Gasteiger partial charge in [0.25, 0.3) is 11.8 Å². The van der Waals surface area contributed by atoms with Crippen molar-refractivity contribution < 1.29 is 9.59 Å². The molecule has 4 rings (SSSR count). The van der Waals surface area contributed by atoms with Crippen LogP contribution in [0.4, 0.5) is 10.8 Å². The summed E-state index contributed by atoms with van der Waals surface area (Å²) < 4.78 is 0. The zero-order valence-corrected chi connectivity index (χ0v) is 18.1. The Balaban J connectivity index is 1.40. The number of anilines is 2. The highest BCUT2D eigenvalue weighted by molar-refractivity contribution is 7.18. The van der Waals surface area contributed by atoms with Crippen molar-refractivity contribution in [1.82, 2.24) is 10.2 Å². The molecule has 31 heavy (non-hydrogen) atoms. The van der Waals surface area contributed by atoms with Crippen molar-refractivity contribution >= 4 is 57.2 Å². The Kier molecular flexibility index (Phi) is 6.27. The number of benzene rings is 3. The molecule has 4 aromatic rings. The summed E-state index contributed by atoms with van der Waals surface area (Å²) in [4.78, 5) is 24.9. The minimum atomic E-state index is -0.374. The molecule has 0 radical (unpaired) electrons. The molecule has 2 amide bonds. The third-order valence-corrected chi connectivity index (χ3v) is 5.68. The highest BCUT2D eigenvalue weighted by Gasteiger charge is 2.13. The average Bonchev–Trinajstić information content (AvgIpc) is 3.23. The molecule has 0 fully saturated rings. The molecule has 0 aliphatic rings. The summed E-state index contributed by atoms with van der Waals surface area (Å²) in [5.41, 5.74) is 2.17. The summed E-state index contributed by atoms with van der Waals surface area (Å²) in [7, 11) is 0. The number of nitrogens with zero attached hydrogens (tertiary/aromatic N) is 2. The largest absolute Gasteiger partial charge is 0.322 e. The van der Waals surface area contributed by atoms with E-state index in [0.29, 0.717) is 27.0 Å². The lowest BCUT2D eigenvalue weighted by Gasteiger charge is -2.08. The Morgan fingerprint density at radius 2 is 1.55 bits per heavy atom. The van der Waals surface area contributed by atoms with Gasteiger partial charge in [-0.1, -0.05) is 64.9 Å². The maximum atomic E-state index is 12.5. The van der Waals surface area contributed by atoms with E-state index < -0.39 is 0 Å². The SMILES string of the molecule is O=C(Nc1nnc(-c2ccccc2)s1)c1ccc(NC(=O)c2ccc(Cl)cc2Cl)cc1. The number of carbonyl (C=O) groups excluding carboxylic acids is 2. The van der Waals surface area contributed by atoms with Crippen molar-refractivity contribution in [2.45, 2.75) is 0 Å². The molecule has 0 aliphatic heterocycles. The number of amides is 2. The number of hydrogen-bond donors (Lipinski definition) is 2. The second-order valence-electron chi connectivity index (χ2n) is 6.39. The van der Waals surface area contributed by atoms with Gasteiger partial charge in [-0.05, 0) is 42.5 Å². The van der Waals surface area contributed by atoms with Gasteiger partial charge in [-0.2, -0.15) is 0 Å². The molecule has 0 atom stereocenters. The van der Waals surface area contributed by atoms with Gasteiger partial charge in [0.1, 0.15) is 5.01 Å². The first-order valence-corrected chi connectivity index (χ1v) is 10.6. The van der Waals surface area contributed by atoms with Gasteiger partial charge in [-0.3, -0.25) is 14.9 Å². The number of nitrogens with one attached hydrogen (secondary N) is 2. The van der Waals surface area contributed by atoms with Crippen LogP contribution >= 0.6 is 34.5 Å². The first-order valence-electron chi connectivity index (χ1n) is 9.06. The first-order chi connectivity index (χ1) is 15.0. The van der Waals surface area contributed by atoms with Crippen molar-refractivity contribution in [2.24, 2.45) is 0 Å². The molecule has 0 bridgehead atoms. The smallest absolute Gasteiger partial charge is 0.257 e. The van der Waals surface area contributed by atoms with E-state index in [0.717, 1.165) is 10.6 Å². The van der Waals surface area contributed by atoms with E-state index in [2.05, 4.69) is 20.8 Å². The molecule has 0 aliphatic carbocycles. The van der Waals surface area contributed by atoms with Gasteiger partial charge in [0.15, 0.2) is 0 Å². The van der Waals surface area contributed by atoms with Gasteiger partial charge in [0, 0.05) is 21.8 Å². The van der Waals surface area contributed by atoms with Crippen LogP contribution in [-0.2, 0) is 0 Å². The zero-order valence-electron chi connectivity index (χ0n) is 15.8. The van der Waals surface area contributed by atoms with Gasteiger partial charge in [0.05, 0.1) is 10.6 Å². The summed E-state index contributed by atoms with van der Waals surface area (Å²) in [5, 5.41) is 15.4. The predicted octanol–water partition coefficient (Wildman–Crippen LogP) is 6.02. The van der Waals surface area contributed by atoms with Gasteiger partial charge >= 0.3 is 0 Å². The molecule has 154 valence electrons. The maximum Gasteiger partial charge on any atom is 0.257 e. The maximum absolute atomic E-state index is 12.5. The zero-order chi connectivity index (χ0) is 21.8. The van der Waals surface area contributed by atoms with Crippen LogP contribution < -0.4 is 10.6 Å². The van der Waals surface area contributed by atoms with Crippen LogP contribution in [-0.4, -0.2) is 22.0 Å². The van der Waals surface area contributed by atoms with E-state index >= 15 is 0 Å². The standard InChI is InChI=1S/C22H14Cl2N4O2S/c23-15-8-11-17(18(24)12-15)20(30)25-16-9-6-13(7-10-16)19(29)26-22-28-27-21(31-22)14-4-2-1-3-5-14/h1-12H,(H,25,30)(H,26,28,29). The van der Waals surface area contributed by atoms with Gasteiger partial charge in [-0.15, -0.1) is 10.2 Å². The minimum absolute atomic E-state index is 0.257. The first kappa shape index (κ1) is 21.0. The lowest BCUT2D eigenvalue weighted by Crippen LogP contribution is -2.14. The third kappa shape index (κ3) is 5.08. The quantitative estimate of drug-likeness (QED) is 0.375. The van der Waals surface area contributed by atoms with Crippen LogP contribution in [0.3, 0.4) is 0 Å². The minimum Gasteiger partial charge on any atom is -0.322 e. The van der Waals surface area contributed by atoms with E-state index in [4.69, 9.17) is 23.2 Å². The second kappa shape index (κ2) is 9.26. The lowest BCUT2D eigenvalue weighted by molar-refractivity contribution is 0.102. The van der Waals surface area contributed by atoms with Crippen LogP contribution in [0.25, 0.3) is 10.6 Å². The molecular weight excluding hydrogens is 455 g/mol. The topological polar surface area (TPSA) is 84.0 Å². The summed E-state index contributed by atoms with van der Waals surface area (Å²) in [6.07, 6.45) is 0. The molecule has 0 saturated heterocycles. The van der Waals surface area contributed by atoms with Gasteiger partial charge < -0.3 is 5.32 Å². The Bertz CT molecular complexity index is 1240. The normalized spacial score (nSPS) is 10.5. The van der Waals surface area contributed by atoms with Crippen molar-refractivity contribution in [3.8, 4) is 10.6 Å². The van der Waals surface area contributed by atoms with Crippen molar-refractivity contribution in [2.75, 3.05) is 10.6 Å². The van der Waals surface area contributed by atoms with Crippen molar-refractivity contribution in [3.05, 3.63) is 94.0 Å². The van der Waals surface area contributed by atoms with Crippen LogP contribution in [0.15, 0.2) is 72.8 Å². The molecule has 2 N–H and O–H groups in total. The van der Waals surface area contributed by atoms with Crippen molar-refractivity contribution in [3.63, 3.8) is 0 Å². The number of halogens is 2. The second-order valence-corrected chi connectivity index (χ2v) is 8.21. The summed E-state index contributed by atoms with van der Waals surface area (Å²) in [6, 6.07) is 20.7. The molecular formula is C22H14Cl2N4O2S. The number of hydrogen-bond acceptors (Lipinski definition) is 5. The molecule has 1 heterocycles. The van der Waals surface area contributed by atoms with Crippen molar-refractivity contribution in [1.29, 1.82) is 0 Å².